The fourth-order valence-electron chi connectivity index (χ4n) is 1.62. The van der Waals surface area contributed by atoms with E-state index in [0.29, 0.717) is 0 Å². The molecule has 96 valence electrons. The molecule has 2 rings (SSSR count). The molecule has 0 amide bonds. The van der Waals surface area contributed by atoms with Gasteiger partial charge in [0.05, 0.1) is 11.9 Å². The third kappa shape index (κ3) is 2.77. The molecule has 2 N–H and O–H groups in total. The second-order valence-corrected chi connectivity index (χ2v) is 4.15. The summed E-state index contributed by atoms with van der Waals surface area (Å²) in [5, 5.41) is 10.6. The molecule has 0 aliphatic carbocycles. The molecule has 0 atom stereocenters. The molecule has 0 saturated heterocycles. The summed E-state index contributed by atoms with van der Waals surface area (Å²) < 4.78 is 1.75. The predicted octanol–water partition coefficient (Wildman–Crippen LogP) is 2.08. The summed E-state index contributed by atoms with van der Waals surface area (Å²) >= 11 is 0. The fourth-order valence-corrected chi connectivity index (χ4v) is 1.62. The topological polar surface area (TPSA) is 67.7 Å². The van der Waals surface area contributed by atoms with E-state index < -0.39 is 0 Å². The highest BCUT2D eigenvalue weighted by Crippen LogP contribution is 2.21. The Morgan fingerprint density at radius 1 is 1.28 bits per heavy atom. The van der Waals surface area contributed by atoms with Crippen LogP contribution in [0.1, 0.15) is 18.9 Å². The Labute approximate surface area is 106 Å². The van der Waals surface area contributed by atoms with Crippen LogP contribution in [0.3, 0.4) is 0 Å². The number of aryl methyl sites for hydroxylation is 1. The highest BCUT2D eigenvalue weighted by Gasteiger charge is 2.07. The number of nitrogens with one attached hydrogen (secondary N) is 2. The van der Waals surface area contributed by atoms with Crippen molar-refractivity contribution in [2.75, 3.05) is 17.2 Å². The molecule has 0 aromatic carbocycles. The molecule has 6 heteroatoms. The van der Waals surface area contributed by atoms with Crippen LogP contribution >= 0.6 is 0 Å². The summed E-state index contributed by atoms with van der Waals surface area (Å²) in [5.74, 6) is 1.68. The van der Waals surface area contributed by atoms with Crippen molar-refractivity contribution in [3.63, 3.8) is 0 Å². The first-order valence-electron chi connectivity index (χ1n) is 6.02. The number of nitrogens with zero attached hydrogens (tertiary/aromatic N) is 4. The van der Waals surface area contributed by atoms with E-state index in [9.17, 15) is 0 Å². The van der Waals surface area contributed by atoms with E-state index in [-0.39, 0.29) is 0 Å². The quantitative estimate of drug-likeness (QED) is 0.845. The number of hydrogen-bond acceptors (Lipinski definition) is 5. The van der Waals surface area contributed by atoms with Crippen molar-refractivity contribution in [2.45, 2.75) is 20.3 Å². The molecule has 0 bridgehead atoms. The Bertz CT molecular complexity index is 519. The molecule has 2 heterocycles. The van der Waals surface area contributed by atoms with Crippen molar-refractivity contribution in [1.29, 1.82) is 0 Å². The first-order chi connectivity index (χ1) is 8.70. The van der Waals surface area contributed by atoms with E-state index >= 15 is 0 Å². The zero-order chi connectivity index (χ0) is 13.0. The lowest BCUT2D eigenvalue weighted by Gasteiger charge is -2.11. The number of anilines is 3. The van der Waals surface area contributed by atoms with E-state index in [1.165, 1.54) is 0 Å². The van der Waals surface area contributed by atoms with Crippen LogP contribution in [-0.4, -0.2) is 26.3 Å². The fraction of sp³-hybridized carbons (Fsp3) is 0.417. The minimum absolute atomic E-state index is 0.802. The average Bonchev–Trinajstić information content (AvgIpc) is 2.76. The molecule has 0 aliphatic rings. The van der Waals surface area contributed by atoms with Gasteiger partial charge in [-0.05, 0) is 13.3 Å². The molecule has 0 unspecified atom stereocenters. The lowest BCUT2D eigenvalue weighted by Crippen LogP contribution is -2.06. The maximum Gasteiger partial charge on any atom is 0.138 e. The lowest BCUT2D eigenvalue weighted by molar-refractivity contribution is 0.768. The van der Waals surface area contributed by atoms with Crippen LogP contribution < -0.4 is 10.6 Å². The largest absolute Gasteiger partial charge is 0.370 e. The molecule has 0 radical (unpaired) electrons. The van der Waals surface area contributed by atoms with Crippen molar-refractivity contribution in [2.24, 2.45) is 7.05 Å². The monoisotopic (exact) mass is 246 g/mol. The van der Waals surface area contributed by atoms with Gasteiger partial charge in [0.2, 0.25) is 0 Å². The Kier molecular flexibility index (Phi) is 3.76. The van der Waals surface area contributed by atoms with E-state index in [1.807, 2.05) is 20.2 Å². The summed E-state index contributed by atoms with van der Waals surface area (Å²) in [5.41, 5.74) is 1.93. The molecular formula is C12H18N6. The summed E-state index contributed by atoms with van der Waals surface area (Å²) in [6.45, 7) is 5.03. The molecule has 2 aromatic heterocycles. The van der Waals surface area contributed by atoms with Gasteiger partial charge < -0.3 is 10.6 Å². The number of rotatable bonds is 5. The van der Waals surface area contributed by atoms with Crippen LogP contribution in [0.25, 0.3) is 0 Å². The van der Waals surface area contributed by atoms with E-state index in [2.05, 4.69) is 32.6 Å². The van der Waals surface area contributed by atoms with Gasteiger partial charge in [-0.1, -0.05) is 6.92 Å². The zero-order valence-corrected chi connectivity index (χ0v) is 10.9. The van der Waals surface area contributed by atoms with Gasteiger partial charge in [0, 0.05) is 25.4 Å². The Morgan fingerprint density at radius 2 is 2.06 bits per heavy atom. The number of aromatic nitrogens is 4. The lowest BCUT2D eigenvalue weighted by atomic mass is 10.3. The van der Waals surface area contributed by atoms with Crippen molar-refractivity contribution >= 4 is 17.3 Å². The van der Waals surface area contributed by atoms with Gasteiger partial charge in [0.15, 0.2) is 0 Å². The summed E-state index contributed by atoms with van der Waals surface area (Å²) in [4.78, 5) is 8.49. The summed E-state index contributed by atoms with van der Waals surface area (Å²) in [6, 6.07) is 0. The predicted molar refractivity (Wildman–Crippen MR) is 72.0 cm³/mol. The van der Waals surface area contributed by atoms with E-state index in [1.54, 1.807) is 17.2 Å². The van der Waals surface area contributed by atoms with Crippen molar-refractivity contribution < 1.29 is 0 Å². The summed E-state index contributed by atoms with van der Waals surface area (Å²) in [6.07, 6.45) is 6.29. The highest BCUT2D eigenvalue weighted by atomic mass is 15.3. The van der Waals surface area contributed by atoms with Crippen LogP contribution in [-0.2, 0) is 7.05 Å². The van der Waals surface area contributed by atoms with Crippen LogP contribution in [0.4, 0.5) is 17.3 Å². The average molecular weight is 246 g/mol. The Balaban J connectivity index is 2.17. The van der Waals surface area contributed by atoms with Gasteiger partial charge in [-0.3, -0.25) is 4.68 Å². The van der Waals surface area contributed by atoms with Gasteiger partial charge in [0.25, 0.3) is 0 Å². The van der Waals surface area contributed by atoms with E-state index in [4.69, 9.17) is 0 Å². The standard InChI is InChI=1S/C12H18N6/c1-4-5-13-11-9(2)12(15-8-14-11)17-10-6-16-18(3)7-10/h6-8H,4-5H2,1-3H3,(H2,13,14,15,17). The molecule has 0 aliphatic heterocycles. The Hall–Kier alpha value is -2.11. The van der Waals surface area contributed by atoms with Crippen molar-refractivity contribution in [3.05, 3.63) is 24.3 Å². The van der Waals surface area contributed by atoms with E-state index in [0.717, 1.165) is 35.9 Å². The van der Waals surface area contributed by atoms with Gasteiger partial charge >= 0.3 is 0 Å². The molecule has 6 nitrogen and oxygen atoms in total. The highest BCUT2D eigenvalue weighted by molar-refractivity contribution is 5.63. The van der Waals surface area contributed by atoms with Gasteiger partial charge in [-0.15, -0.1) is 0 Å². The van der Waals surface area contributed by atoms with Crippen LogP contribution in [0.5, 0.6) is 0 Å². The number of hydrogen-bond donors (Lipinski definition) is 2. The summed E-state index contributed by atoms with van der Waals surface area (Å²) in [7, 11) is 1.88. The third-order valence-electron chi connectivity index (χ3n) is 2.59. The molecule has 0 spiro atoms. The third-order valence-corrected chi connectivity index (χ3v) is 2.59. The first-order valence-corrected chi connectivity index (χ1v) is 6.02. The molecular weight excluding hydrogens is 228 g/mol. The normalized spacial score (nSPS) is 10.4. The van der Waals surface area contributed by atoms with Crippen LogP contribution in [0.15, 0.2) is 18.7 Å². The van der Waals surface area contributed by atoms with Gasteiger partial charge in [-0.25, -0.2) is 9.97 Å². The minimum atomic E-state index is 0.802. The SMILES string of the molecule is CCCNc1ncnc(Nc2cnn(C)c2)c1C. The first kappa shape index (κ1) is 12.3. The maximum absolute atomic E-state index is 4.25. The molecule has 0 fully saturated rings. The van der Waals surface area contributed by atoms with Gasteiger partial charge in [0.1, 0.15) is 18.0 Å². The maximum atomic E-state index is 4.25. The second kappa shape index (κ2) is 5.48. The Morgan fingerprint density at radius 3 is 2.72 bits per heavy atom. The molecule has 18 heavy (non-hydrogen) atoms. The minimum Gasteiger partial charge on any atom is -0.370 e. The smallest absolute Gasteiger partial charge is 0.138 e. The van der Waals surface area contributed by atoms with Crippen molar-refractivity contribution in [3.8, 4) is 0 Å². The van der Waals surface area contributed by atoms with Crippen molar-refractivity contribution in [1.82, 2.24) is 19.7 Å². The van der Waals surface area contributed by atoms with Crippen LogP contribution in [0.2, 0.25) is 0 Å². The zero-order valence-electron chi connectivity index (χ0n) is 10.9. The second-order valence-electron chi connectivity index (χ2n) is 4.15. The molecule has 0 saturated carbocycles. The van der Waals surface area contributed by atoms with Crippen LogP contribution in [0, 0.1) is 6.92 Å². The van der Waals surface area contributed by atoms with Gasteiger partial charge in [-0.2, -0.15) is 5.10 Å². The molecule has 2 aromatic rings.